The molecule has 0 amide bonds. The summed E-state index contributed by atoms with van der Waals surface area (Å²) in [6, 6.07) is 6.88. The van der Waals surface area contributed by atoms with Gasteiger partial charge in [-0.2, -0.15) is 3.89 Å². The highest BCUT2D eigenvalue weighted by Gasteiger charge is 1.89. The zero-order chi connectivity index (χ0) is 6.69. The van der Waals surface area contributed by atoms with Crippen LogP contribution in [-0.4, -0.2) is 0 Å². The van der Waals surface area contributed by atoms with Crippen molar-refractivity contribution < 1.29 is 3.89 Å². The van der Waals surface area contributed by atoms with Crippen LogP contribution in [0.4, 0.5) is 3.89 Å². The molecule has 0 nitrogen and oxygen atoms in total. The summed E-state index contributed by atoms with van der Waals surface area (Å²) in [4.78, 5) is 1.47. The van der Waals surface area contributed by atoms with Crippen LogP contribution in [0.15, 0.2) is 34.1 Å². The van der Waals surface area contributed by atoms with Crippen molar-refractivity contribution >= 4 is 24.8 Å². The van der Waals surface area contributed by atoms with E-state index in [-0.39, 0.29) is 12.1 Å². The van der Waals surface area contributed by atoms with E-state index < -0.39 is 0 Å². The van der Waals surface area contributed by atoms with Gasteiger partial charge in [-0.15, -0.1) is 12.6 Å². The molecule has 0 aliphatic rings. The fraction of sp³-hybridized carbons (Fsp3) is 0. The van der Waals surface area contributed by atoms with Gasteiger partial charge in [0.05, 0.1) is 12.1 Å². The first kappa shape index (κ1) is 6.96. The van der Waals surface area contributed by atoms with E-state index in [2.05, 4.69) is 12.6 Å². The van der Waals surface area contributed by atoms with Gasteiger partial charge in [0, 0.05) is 9.79 Å². The molecule has 0 radical (unpaired) electrons. The first-order valence-electron chi connectivity index (χ1n) is 2.40. The lowest BCUT2D eigenvalue weighted by molar-refractivity contribution is 0.933. The van der Waals surface area contributed by atoms with Gasteiger partial charge in [0.15, 0.2) is 0 Å². The fourth-order valence-electron chi connectivity index (χ4n) is 0.498. The van der Waals surface area contributed by atoms with Crippen LogP contribution in [0, 0.1) is 0 Å². The third kappa shape index (κ3) is 1.91. The van der Waals surface area contributed by atoms with Crippen molar-refractivity contribution in [3.05, 3.63) is 24.3 Å². The SMILES string of the molecule is FSc1ccc(S)cc1. The van der Waals surface area contributed by atoms with Crippen molar-refractivity contribution in [3.8, 4) is 0 Å². The molecule has 0 N–H and O–H groups in total. The maximum absolute atomic E-state index is 11.7. The molecular weight excluding hydrogens is 155 g/mol. The largest absolute Gasteiger partial charge is 0.160 e. The highest BCUT2D eigenvalue weighted by Crippen LogP contribution is 2.19. The van der Waals surface area contributed by atoms with Crippen molar-refractivity contribution in [2.75, 3.05) is 0 Å². The molecule has 3 heteroatoms. The Morgan fingerprint density at radius 3 is 2.22 bits per heavy atom. The topological polar surface area (TPSA) is 0 Å². The minimum atomic E-state index is 0.244. The summed E-state index contributed by atoms with van der Waals surface area (Å²) in [7, 11) is 0. The van der Waals surface area contributed by atoms with Crippen molar-refractivity contribution in [3.63, 3.8) is 0 Å². The number of thiol groups is 1. The normalized spacial score (nSPS) is 9.56. The van der Waals surface area contributed by atoms with E-state index in [1.807, 2.05) is 0 Å². The molecular formula is C6H5FS2. The molecule has 0 heterocycles. The van der Waals surface area contributed by atoms with Gasteiger partial charge in [-0.3, -0.25) is 0 Å². The van der Waals surface area contributed by atoms with Crippen molar-refractivity contribution in [1.29, 1.82) is 0 Å². The second-order valence-corrected chi connectivity index (χ2v) is 2.71. The number of hydrogen-bond donors (Lipinski definition) is 1. The van der Waals surface area contributed by atoms with E-state index in [0.29, 0.717) is 4.90 Å². The van der Waals surface area contributed by atoms with Crippen LogP contribution in [0.1, 0.15) is 0 Å². The highest BCUT2D eigenvalue weighted by atomic mass is 32.2. The zero-order valence-corrected chi connectivity index (χ0v) is 6.25. The lowest BCUT2D eigenvalue weighted by Gasteiger charge is -1.90. The number of hydrogen-bond acceptors (Lipinski definition) is 2. The summed E-state index contributed by atoms with van der Waals surface area (Å²) in [6.45, 7) is 0. The molecule has 1 aromatic rings. The van der Waals surface area contributed by atoms with Crippen molar-refractivity contribution in [2.24, 2.45) is 0 Å². The van der Waals surface area contributed by atoms with Crippen LogP contribution in [0.5, 0.6) is 0 Å². The molecule has 0 aromatic heterocycles. The monoisotopic (exact) mass is 160 g/mol. The number of rotatable bonds is 1. The Bertz CT molecular complexity index is 183. The predicted molar refractivity (Wildman–Crippen MR) is 40.7 cm³/mol. The van der Waals surface area contributed by atoms with E-state index in [0.717, 1.165) is 4.90 Å². The Labute approximate surface area is 63.2 Å². The molecule has 1 aromatic carbocycles. The first-order valence-corrected chi connectivity index (χ1v) is 3.57. The maximum Gasteiger partial charge on any atom is 0.0812 e. The van der Waals surface area contributed by atoms with Gasteiger partial charge in [0.2, 0.25) is 0 Å². The molecule has 1 rings (SSSR count). The molecule has 0 atom stereocenters. The average Bonchev–Trinajstić information content (AvgIpc) is 1.90. The quantitative estimate of drug-likeness (QED) is 0.616. The standard InChI is InChI=1S/C6H5FS2/c7-9-6-3-1-5(8)2-4-6/h1-4,8H. The lowest BCUT2D eigenvalue weighted by Crippen LogP contribution is -1.65. The van der Waals surface area contributed by atoms with Gasteiger partial charge in [-0.25, -0.2) is 0 Å². The average molecular weight is 160 g/mol. The minimum absolute atomic E-state index is 0.244. The lowest BCUT2D eigenvalue weighted by atomic mass is 10.4. The minimum Gasteiger partial charge on any atom is -0.160 e. The van der Waals surface area contributed by atoms with E-state index in [1.54, 1.807) is 24.3 Å². The zero-order valence-electron chi connectivity index (χ0n) is 4.54. The highest BCUT2D eigenvalue weighted by molar-refractivity contribution is 7.94. The number of halogens is 1. The molecule has 48 valence electrons. The van der Waals surface area contributed by atoms with E-state index in [4.69, 9.17) is 0 Å². The molecule has 0 saturated carbocycles. The first-order chi connectivity index (χ1) is 4.33. The molecule has 0 aliphatic heterocycles. The summed E-state index contributed by atoms with van der Waals surface area (Å²) in [5.41, 5.74) is 0. The van der Waals surface area contributed by atoms with Crippen LogP contribution in [-0.2, 0) is 0 Å². The smallest absolute Gasteiger partial charge is 0.0812 e. The molecule has 0 aliphatic carbocycles. The molecule has 0 unspecified atom stereocenters. The Morgan fingerprint density at radius 1 is 1.22 bits per heavy atom. The predicted octanol–water partition coefficient (Wildman–Crippen LogP) is 2.95. The van der Waals surface area contributed by atoms with Crippen molar-refractivity contribution in [1.82, 2.24) is 0 Å². The van der Waals surface area contributed by atoms with E-state index in [9.17, 15) is 3.89 Å². The van der Waals surface area contributed by atoms with E-state index >= 15 is 0 Å². The van der Waals surface area contributed by atoms with Gasteiger partial charge < -0.3 is 0 Å². The Hall–Kier alpha value is -0.150. The third-order valence-corrected chi connectivity index (χ3v) is 1.67. The Kier molecular flexibility index (Phi) is 2.42. The molecule has 0 saturated heterocycles. The molecule has 9 heavy (non-hydrogen) atoms. The molecule has 0 fully saturated rings. The summed E-state index contributed by atoms with van der Waals surface area (Å²) in [5, 5.41) is 0. The van der Waals surface area contributed by atoms with Gasteiger partial charge in [0.1, 0.15) is 0 Å². The molecule has 0 bridgehead atoms. The van der Waals surface area contributed by atoms with Crippen molar-refractivity contribution in [2.45, 2.75) is 9.79 Å². The molecule has 0 spiro atoms. The number of benzene rings is 1. The van der Waals surface area contributed by atoms with Gasteiger partial charge in [-0.1, -0.05) is 0 Å². The summed E-state index contributed by atoms with van der Waals surface area (Å²) in [5.74, 6) is 0. The second-order valence-electron chi connectivity index (χ2n) is 1.57. The Balaban J connectivity index is 2.88. The fourth-order valence-corrected chi connectivity index (χ4v) is 0.886. The summed E-state index contributed by atoms with van der Waals surface area (Å²) >= 11 is 4.28. The van der Waals surface area contributed by atoms with Gasteiger partial charge in [-0.05, 0) is 24.3 Å². The van der Waals surface area contributed by atoms with Crippen LogP contribution in [0.3, 0.4) is 0 Å². The maximum atomic E-state index is 11.7. The van der Waals surface area contributed by atoms with E-state index in [1.165, 1.54) is 0 Å². The second kappa shape index (κ2) is 3.13. The van der Waals surface area contributed by atoms with Crippen LogP contribution in [0.2, 0.25) is 0 Å². The Morgan fingerprint density at radius 2 is 1.78 bits per heavy atom. The van der Waals surface area contributed by atoms with Gasteiger partial charge in [0.25, 0.3) is 0 Å². The third-order valence-electron chi connectivity index (χ3n) is 0.926. The summed E-state index contributed by atoms with van der Waals surface area (Å²) < 4.78 is 11.7. The van der Waals surface area contributed by atoms with Crippen LogP contribution >= 0.6 is 24.8 Å². The summed E-state index contributed by atoms with van der Waals surface area (Å²) in [6.07, 6.45) is 0. The van der Waals surface area contributed by atoms with Crippen LogP contribution < -0.4 is 0 Å². The van der Waals surface area contributed by atoms with Gasteiger partial charge >= 0.3 is 0 Å². The van der Waals surface area contributed by atoms with Crippen LogP contribution in [0.25, 0.3) is 0 Å².